The van der Waals surface area contributed by atoms with Gasteiger partial charge in [-0.3, -0.25) is 0 Å². The SMILES string of the molecule is N/C(=N/O)c1cc(F)ccc1Oc1cc(Cl)c(Br)cc1Cl. The molecule has 0 saturated heterocycles. The van der Waals surface area contributed by atoms with Crippen LogP contribution in [0.15, 0.2) is 40.0 Å². The van der Waals surface area contributed by atoms with Crippen LogP contribution in [0.3, 0.4) is 0 Å². The van der Waals surface area contributed by atoms with E-state index in [0.717, 1.165) is 6.07 Å². The van der Waals surface area contributed by atoms with E-state index in [-0.39, 0.29) is 22.9 Å². The number of benzene rings is 2. The van der Waals surface area contributed by atoms with Crippen LogP contribution in [-0.2, 0) is 0 Å². The van der Waals surface area contributed by atoms with Gasteiger partial charge in [-0.05, 0) is 40.2 Å². The standard InChI is InChI=1S/C13H8BrCl2FN2O2/c14-8-4-10(16)12(5-9(8)15)21-11-2-1-6(17)3-7(11)13(18)19-20/h1-5,20H,(H2,18,19). The molecule has 0 aliphatic heterocycles. The number of rotatable bonds is 3. The van der Waals surface area contributed by atoms with Crippen LogP contribution < -0.4 is 10.5 Å². The molecule has 0 aliphatic rings. The molecule has 0 fully saturated rings. The van der Waals surface area contributed by atoms with Gasteiger partial charge in [0.25, 0.3) is 0 Å². The molecule has 3 N–H and O–H groups in total. The fourth-order valence-electron chi connectivity index (χ4n) is 1.55. The highest BCUT2D eigenvalue weighted by Gasteiger charge is 2.14. The largest absolute Gasteiger partial charge is 0.455 e. The number of ether oxygens (including phenoxy) is 1. The summed E-state index contributed by atoms with van der Waals surface area (Å²) in [4.78, 5) is 0. The molecular formula is C13H8BrCl2FN2O2. The van der Waals surface area contributed by atoms with Gasteiger partial charge in [-0.25, -0.2) is 4.39 Å². The van der Waals surface area contributed by atoms with Gasteiger partial charge in [0, 0.05) is 10.5 Å². The van der Waals surface area contributed by atoms with Gasteiger partial charge in [0.15, 0.2) is 5.84 Å². The molecule has 4 nitrogen and oxygen atoms in total. The molecule has 0 aromatic heterocycles. The summed E-state index contributed by atoms with van der Waals surface area (Å²) in [5, 5.41) is 12.3. The Hall–Kier alpha value is -1.50. The van der Waals surface area contributed by atoms with E-state index in [4.69, 9.17) is 38.9 Å². The monoisotopic (exact) mass is 392 g/mol. The Bertz CT molecular complexity index is 726. The first-order valence-electron chi connectivity index (χ1n) is 5.52. The summed E-state index contributed by atoms with van der Waals surface area (Å²) in [7, 11) is 0. The first-order chi connectivity index (χ1) is 9.92. The van der Waals surface area contributed by atoms with Crippen molar-refractivity contribution in [3.8, 4) is 11.5 Å². The molecule has 0 saturated carbocycles. The third-order valence-corrected chi connectivity index (χ3v) is 4.01. The van der Waals surface area contributed by atoms with Crippen molar-refractivity contribution in [2.24, 2.45) is 10.9 Å². The van der Waals surface area contributed by atoms with Crippen molar-refractivity contribution in [3.63, 3.8) is 0 Å². The van der Waals surface area contributed by atoms with Crippen molar-refractivity contribution in [1.82, 2.24) is 0 Å². The Kier molecular flexibility index (Phi) is 4.92. The van der Waals surface area contributed by atoms with Crippen LogP contribution in [0.25, 0.3) is 0 Å². The maximum Gasteiger partial charge on any atom is 0.173 e. The third-order valence-electron chi connectivity index (χ3n) is 2.52. The molecule has 8 heteroatoms. The van der Waals surface area contributed by atoms with Gasteiger partial charge in [-0.2, -0.15) is 0 Å². The highest BCUT2D eigenvalue weighted by molar-refractivity contribution is 9.10. The Balaban J connectivity index is 2.47. The lowest BCUT2D eigenvalue weighted by Crippen LogP contribution is -2.14. The maximum absolute atomic E-state index is 13.3. The quantitative estimate of drug-likeness (QED) is 0.259. The fraction of sp³-hybridized carbons (Fsp3) is 0. The van der Waals surface area contributed by atoms with Crippen LogP contribution in [0.1, 0.15) is 5.56 Å². The Morgan fingerprint density at radius 1 is 1.19 bits per heavy atom. The van der Waals surface area contributed by atoms with Crippen LogP contribution in [0, 0.1) is 5.82 Å². The van der Waals surface area contributed by atoms with E-state index in [2.05, 4.69) is 21.1 Å². The van der Waals surface area contributed by atoms with Crippen molar-refractivity contribution in [3.05, 3.63) is 56.2 Å². The smallest absolute Gasteiger partial charge is 0.173 e. The molecule has 2 aromatic carbocycles. The summed E-state index contributed by atoms with van der Waals surface area (Å²) in [5.74, 6) is -0.414. The average Bonchev–Trinajstić information content (AvgIpc) is 2.45. The second kappa shape index (κ2) is 6.51. The minimum absolute atomic E-state index is 0.0904. The van der Waals surface area contributed by atoms with Gasteiger partial charge in [-0.1, -0.05) is 28.4 Å². The average molecular weight is 394 g/mol. The molecule has 21 heavy (non-hydrogen) atoms. The summed E-state index contributed by atoms with van der Waals surface area (Å²) in [6.07, 6.45) is 0. The number of nitrogens with zero attached hydrogens (tertiary/aromatic N) is 1. The minimum Gasteiger partial charge on any atom is -0.455 e. The molecule has 0 amide bonds. The van der Waals surface area contributed by atoms with E-state index in [9.17, 15) is 4.39 Å². The normalized spacial score (nSPS) is 11.5. The minimum atomic E-state index is -0.552. The summed E-state index contributed by atoms with van der Waals surface area (Å²) in [6.45, 7) is 0. The predicted octanol–water partition coefficient (Wildman–Crippen LogP) is 4.78. The van der Waals surface area contributed by atoms with Gasteiger partial charge >= 0.3 is 0 Å². The van der Waals surface area contributed by atoms with E-state index in [1.165, 1.54) is 18.2 Å². The molecule has 0 atom stereocenters. The van der Waals surface area contributed by atoms with Crippen molar-refractivity contribution >= 4 is 45.0 Å². The van der Waals surface area contributed by atoms with E-state index in [1.54, 1.807) is 6.07 Å². The van der Waals surface area contributed by atoms with Gasteiger partial charge in [0.1, 0.15) is 17.3 Å². The van der Waals surface area contributed by atoms with E-state index in [0.29, 0.717) is 14.5 Å². The van der Waals surface area contributed by atoms with Crippen LogP contribution in [-0.4, -0.2) is 11.0 Å². The van der Waals surface area contributed by atoms with Crippen LogP contribution in [0.2, 0.25) is 10.0 Å². The lowest BCUT2D eigenvalue weighted by atomic mass is 10.2. The predicted molar refractivity (Wildman–Crippen MR) is 83.1 cm³/mol. The number of nitrogens with two attached hydrogens (primary N) is 1. The molecule has 0 radical (unpaired) electrons. The van der Waals surface area contributed by atoms with Crippen LogP contribution in [0.5, 0.6) is 11.5 Å². The highest BCUT2D eigenvalue weighted by atomic mass is 79.9. The topological polar surface area (TPSA) is 67.8 Å². The summed E-state index contributed by atoms with van der Waals surface area (Å²) in [5.41, 5.74) is 5.59. The molecular weight excluding hydrogens is 386 g/mol. The van der Waals surface area contributed by atoms with Crippen molar-refractivity contribution in [1.29, 1.82) is 0 Å². The summed E-state index contributed by atoms with van der Waals surface area (Å²) >= 11 is 15.3. The number of amidine groups is 1. The van der Waals surface area contributed by atoms with Gasteiger partial charge in [0.05, 0.1) is 15.6 Å². The van der Waals surface area contributed by atoms with Crippen molar-refractivity contribution < 1.29 is 14.3 Å². The molecule has 110 valence electrons. The Morgan fingerprint density at radius 3 is 2.57 bits per heavy atom. The fourth-order valence-corrected chi connectivity index (χ4v) is 2.38. The third kappa shape index (κ3) is 3.58. The molecule has 0 aliphatic carbocycles. The zero-order valence-electron chi connectivity index (χ0n) is 10.3. The Labute approximate surface area is 138 Å². The number of hydrogen-bond donors (Lipinski definition) is 2. The molecule has 0 bridgehead atoms. The molecule has 2 aromatic rings. The number of hydrogen-bond acceptors (Lipinski definition) is 3. The van der Waals surface area contributed by atoms with Crippen LogP contribution >= 0.6 is 39.1 Å². The summed E-state index contributed by atoms with van der Waals surface area (Å²) < 4.78 is 19.5. The zero-order valence-corrected chi connectivity index (χ0v) is 13.4. The second-order valence-corrected chi connectivity index (χ2v) is 5.59. The zero-order chi connectivity index (χ0) is 15.6. The van der Waals surface area contributed by atoms with E-state index in [1.807, 2.05) is 0 Å². The molecule has 0 unspecified atom stereocenters. The number of halogens is 4. The van der Waals surface area contributed by atoms with Crippen LogP contribution in [0.4, 0.5) is 4.39 Å². The first kappa shape index (κ1) is 15.9. The van der Waals surface area contributed by atoms with Crippen molar-refractivity contribution in [2.75, 3.05) is 0 Å². The van der Waals surface area contributed by atoms with E-state index < -0.39 is 5.82 Å². The molecule has 0 spiro atoms. The number of oxime groups is 1. The van der Waals surface area contributed by atoms with Gasteiger partial charge < -0.3 is 15.7 Å². The molecule has 2 rings (SSSR count). The van der Waals surface area contributed by atoms with E-state index >= 15 is 0 Å². The second-order valence-electron chi connectivity index (χ2n) is 3.92. The maximum atomic E-state index is 13.3. The van der Waals surface area contributed by atoms with Gasteiger partial charge in [-0.15, -0.1) is 0 Å². The summed E-state index contributed by atoms with van der Waals surface area (Å²) in [6, 6.07) is 6.66. The van der Waals surface area contributed by atoms with Crippen molar-refractivity contribution in [2.45, 2.75) is 0 Å². The Morgan fingerprint density at radius 2 is 1.90 bits per heavy atom. The highest BCUT2D eigenvalue weighted by Crippen LogP contribution is 2.37. The lowest BCUT2D eigenvalue weighted by molar-refractivity contribution is 0.318. The molecule has 0 heterocycles. The van der Waals surface area contributed by atoms with Gasteiger partial charge in [0.2, 0.25) is 0 Å². The lowest BCUT2D eigenvalue weighted by Gasteiger charge is -2.12. The first-order valence-corrected chi connectivity index (χ1v) is 7.07.